The van der Waals surface area contributed by atoms with E-state index in [1.807, 2.05) is 0 Å². The number of allylic oxidation sites excluding steroid dienone is 2. The van der Waals surface area contributed by atoms with E-state index in [-0.39, 0.29) is 0 Å². The molecule has 12 heavy (non-hydrogen) atoms. The highest BCUT2D eigenvalue weighted by atomic mass is 13.9. The predicted molar refractivity (Wildman–Crippen MR) is 57.4 cm³/mol. The first-order valence-corrected chi connectivity index (χ1v) is 5.56. The van der Waals surface area contributed by atoms with Gasteiger partial charge in [0.15, 0.2) is 0 Å². The summed E-state index contributed by atoms with van der Waals surface area (Å²) in [6.45, 7) is 4.49. The average molecular weight is 168 g/mol. The largest absolute Gasteiger partial charge is 0.0885 e. The van der Waals surface area contributed by atoms with Crippen LogP contribution in [-0.2, 0) is 0 Å². The predicted octanol–water partition coefficient (Wildman–Crippen LogP) is 4.70. The van der Waals surface area contributed by atoms with Crippen molar-refractivity contribution in [1.82, 2.24) is 0 Å². The quantitative estimate of drug-likeness (QED) is 0.364. The SMILES string of the molecule is CCCC=CCCCCCCC. The molecule has 0 heterocycles. The lowest BCUT2D eigenvalue weighted by molar-refractivity contribution is 0.637. The number of hydrogen-bond acceptors (Lipinski definition) is 0. The summed E-state index contributed by atoms with van der Waals surface area (Å²) in [6.07, 6.45) is 15.5. The van der Waals surface area contributed by atoms with Crippen LogP contribution in [0.3, 0.4) is 0 Å². The minimum Gasteiger partial charge on any atom is -0.0885 e. The molecule has 0 saturated carbocycles. The molecule has 0 N–H and O–H groups in total. The molecule has 0 spiro atoms. The van der Waals surface area contributed by atoms with Gasteiger partial charge in [0.2, 0.25) is 0 Å². The maximum absolute atomic E-state index is 2.34. The van der Waals surface area contributed by atoms with Gasteiger partial charge in [0, 0.05) is 0 Å². The van der Waals surface area contributed by atoms with E-state index >= 15 is 0 Å². The summed E-state index contributed by atoms with van der Waals surface area (Å²) in [6, 6.07) is 0. The molecule has 0 radical (unpaired) electrons. The first-order valence-electron chi connectivity index (χ1n) is 5.56. The van der Waals surface area contributed by atoms with Crippen LogP contribution in [0.4, 0.5) is 0 Å². The van der Waals surface area contributed by atoms with Gasteiger partial charge in [0.25, 0.3) is 0 Å². The zero-order chi connectivity index (χ0) is 9.07. The van der Waals surface area contributed by atoms with Crippen molar-refractivity contribution >= 4 is 0 Å². The highest BCUT2D eigenvalue weighted by Gasteiger charge is 1.85. The van der Waals surface area contributed by atoms with Gasteiger partial charge in [-0.1, -0.05) is 58.1 Å². The summed E-state index contributed by atoms with van der Waals surface area (Å²) in [5, 5.41) is 0. The monoisotopic (exact) mass is 168 g/mol. The molecule has 0 heteroatoms. The van der Waals surface area contributed by atoms with Gasteiger partial charge < -0.3 is 0 Å². The molecular weight excluding hydrogens is 144 g/mol. The van der Waals surface area contributed by atoms with Gasteiger partial charge in [-0.3, -0.25) is 0 Å². The van der Waals surface area contributed by atoms with E-state index in [1.165, 1.54) is 51.4 Å². The van der Waals surface area contributed by atoms with Gasteiger partial charge in [-0.25, -0.2) is 0 Å². The number of unbranched alkanes of at least 4 members (excludes halogenated alkanes) is 6. The summed E-state index contributed by atoms with van der Waals surface area (Å²) in [4.78, 5) is 0. The average Bonchev–Trinajstić information content (AvgIpc) is 2.10. The summed E-state index contributed by atoms with van der Waals surface area (Å²) in [5.41, 5.74) is 0. The molecule has 0 aliphatic rings. The molecule has 0 bridgehead atoms. The molecule has 72 valence electrons. The molecule has 0 aromatic heterocycles. The van der Waals surface area contributed by atoms with E-state index in [2.05, 4.69) is 26.0 Å². The van der Waals surface area contributed by atoms with Crippen molar-refractivity contribution < 1.29 is 0 Å². The van der Waals surface area contributed by atoms with Gasteiger partial charge in [0.05, 0.1) is 0 Å². The van der Waals surface area contributed by atoms with Crippen LogP contribution in [0.5, 0.6) is 0 Å². The zero-order valence-corrected chi connectivity index (χ0v) is 8.81. The lowest BCUT2D eigenvalue weighted by Crippen LogP contribution is -1.75. The van der Waals surface area contributed by atoms with E-state index < -0.39 is 0 Å². The molecule has 0 amide bonds. The molecule has 0 aromatic rings. The van der Waals surface area contributed by atoms with Crippen LogP contribution in [0.25, 0.3) is 0 Å². The van der Waals surface area contributed by atoms with Crippen molar-refractivity contribution in [2.45, 2.75) is 65.2 Å². The molecule has 0 unspecified atom stereocenters. The first kappa shape index (κ1) is 11.7. The van der Waals surface area contributed by atoms with Crippen molar-refractivity contribution in [1.29, 1.82) is 0 Å². The second-order valence-corrected chi connectivity index (χ2v) is 3.46. The second-order valence-electron chi connectivity index (χ2n) is 3.46. The van der Waals surface area contributed by atoms with E-state index in [0.29, 0.717) is 0 Å². The zero-order valence-electron chi connectivity index (χ0n) is 8.81. The third-order valence-electron chi connectivity index (χ3n) is 2.10. The van der Waals surface area contributed by atoms with Gasteiger partial charge in [-0.2, -0.15) is 0 Å². The molecule has 0 fully saturated rings. The lowest BCUT2D eigenvalue weighted by atomic mass is 10.1. The van der Waals surface area contributed by atoms with Gasteiger partial charge >= 0.3 is 0 Å². The Morgan fingerprint density at radius 1 is 0.667 bits per heavy atom. The Balaban J connectivity index is 2.90. The fourth-order valence-corrected chi connectivity index (χ4v) is 1.27. The Hall–Kier alpha value is -0.260. The fourth-order valence-electron chi connectivity index (χ4n) is 1.27. The summed E-state index contributed by atoms with van der Waals surface area (Å²) in [7, 11) is 0. The molecule has 0 aliphatic carbocycles. The van der Waals surface area contributed by atoms with Crippen LogP contribution in [0.1, 0.15) is 65.2 Å². The Bertz CT molecular complexity index is 92.2. The van der Waals surface area contributed by atoms with Crippen LogP contribution in [0, 0.1) is 0 Å². The molecule has 0 saturated heterocycles. The Kier molecular flexibility index (Phi) is 10.5. The van der Waals surface area contributed by atoms with Gasteiger partial charge in [-0.05, 0) is 19.3 Å². The molecule has 0 aliphatic heterocycles. The topological polar surface area (TPSA) is 0 Å². The van der Waals surface area contributed by atoms with E-state index in [4.69, 9.17) is 0 Å². The van der Waals surface area contributed by atoms with Gasteiger partial charge in [0.1, 0.15) is 0 Å². The maximum Gasteiger partial charge on any atom is -0.0351 e. The highest BCUT2D eigenvalue weighted by Crippen LogP contribution is 2.05. The van der Waals surface area contributed by atoms with Crippen LogP contribution >= 0.6 is 0 Å². The third kappa shape index (κ3) is 9.74. The first-order chi connectivity index (χ1) is 5.91. The van der Waals surface area contributed by atoms with Crippen molar-refractivity contribution in [3.8, 4) is 0 Å². The maximum atomic E-state index is 2.34. The number of rotatable bonds is 8. The minimum atomic E-state index is 1.26. The van der Waals surface area contributed by atoms with Crippen molar-refractivity contribution in [3.63, 3.8) is 0 Å². The standard InChI is InChI=1S/C12H24/c1-3-5-7-9-11-12-10-8-6-4-2/h7,9H,3-6,8,10-12H2,1-2H3. The highest BCUT2D eigenvalue weighted by molar-refractivity contribution is 4.80. The van der Waals surface area contributed by atoms with E-state index in [0.717, 1.165) is 0 Å². The van der Waals surface area contributed by atoms with Crippen molar-refractivity contribution in [3.05, 3.63) is 12.2 Å². The molecule has 0 nitrogen and oxygen atoms in total. The minimum absolute atomic E-state index is 1.26. The third-order valence-corrected chi connectivity index (χ3v) is 2.10. The normalized spacial score (nSPS) is 11.2. The van der Waals surface area contributed by atoms with Crippen LogP contribution in [-0.4, -0.2) is 0 Å². The molecule has 0 aromatic carbocycles. The number of hydrogen-bond donors (Lipinski definition) is 0. The summed E-state index contributed by atoms with van der Waals surface area (Å²) < 4.78 is 0. The summed E-state index contributed by atoms with van der Waals surface area (Å²) in [5.74, 6) is 0. The second kappa shape index (κ2) is 10.7. The molecule has 0 rings (SSSR count). The van der Waals surface area contributed by atoms with Crippen molar-refractivity contribution in [2.75, 3.05) is 0 Å². The smallest absolute Gasteiger partial charge is 0.0351 e. The fraction of sp³-hybridized carbons (Fsp3) is 0.833. The Morgan fingerprint density at radius 2 is 1.33 bits per heavy atom. The van der Waals surface area contributed by atoms with Crippen molar-refractivity contribution in [2.24, 2.45) is 0 Å². The van der Waals surface area contributed by atoms with Crippen LogP contribution in [0.15, 0.2) is 12.2 Å². The Morgan fingerprint density at radius 3 is 2.00 bits per heavy atom. The van der Waals surface area contributed by atoms with Crippen LogP contribution in [0.2, 0.25) is 0 Å². The Labute approximate surface area is 78.1 Å². The molecule has 0 atom stereocenters. The van der Waals surface area contributed by atoms with E-state index in [1.54, 1.807) is 0 Å². The summed E-state index contributed by atoms with van der Waals surface area (Å²) >= 11 is 0. The van der Waals surface area contributed by atoms with Gasteiger partial charge in [-0.15, -0.1) is 0 Å². The van der Waals surface area contributed by atoms with Crippen LogP contribution < -0.4 is 0 Å². The lowest BCUT2D eigenvalue weighted by Gasteiger charge is -1.95. The molecular formula is C12H24. The van der Waals surface area contributed by atoms with E-state index in [9.17, 15) is 0 Å².